The van der Waals surface area contributed by atoms with Crippen LogP contribution < -0.4 is 4.72 Å². The quantitative estimate of drug-likeness (QED) is 0.731. The van der Waals surface area contributed by atoms with Crippen molar-refractivity contribution in [2.75, 3.05) is 4.72 Å². The molecular formula is C14H13Br2NO2S. The van der Waals surface area contributed by atoms with E-state index in [1.54, 1.807) is 36.4 Å². The lowest BCUT2D eigenvalue weighted by Gasteiger charge is -2.14. The zero-order valence-electron chi connectivity index (χ0n) is 10.7. The minimum atomic E-state index is -3.58. The van der Waals surface area contributed by atoms with Gasteiger partial charge in [0.25, 0.3) is 10.0 Å². The molecule has 0 bridgehead atoms. The molecular weight excluding hydrogens is 406 g/mol. The minimum absolute atomic E-state index is 0.0614. The van der Waals surface area contributed by atoms with Crippen LogP contribution in [0.3, 0.4) is 0 Å². The zero-order valence-corrected chi connectivity index (χ0v) is 14.7. The first-order valence-corrected chi connectivity index (χ1v) is 9.11. The molecule has 0 aromatic heterocycles. The van der Waals surface area contributed by atoms with Gasteiger partial charge in [-0.2, -0.15) is 0 Å². The molecule has 1 unspecified atom stereocenters. The van der Waals surface area contributed by atoms with Crippen LogP contribution in [-0.2, 0) is 10.0 Å². The number of sulfonamides is 1. The van der Waals surface area contributed by atoms with E-state index in [-0.39, 0.29) is 9.72 Å². The summed E-state index contributed by atoms with van der Waals surface area (Å²) in [5, 5.41) is 0. The monoisotopic (exact) mass is 417 g/mol. The number of alkyl halides is 1. The minimum Gasteiger partial charge on any atom is -0.279 e. The van der Waals surface area contributed by atoms with E-state index in [0.717, 1.165) is 10.0 Å². The Kier molecular flexibility index (Phi) is 4.88. The van der Waals surface area contributed by atoms with Gasteiger partial charge in [0.15, 0.2) is 0 Å². The van der Waals surface area contributed by atoms with Crippen molar-refractivity contribution in [1.82, 2.24) is 0 Å². The lowest BCUT2D eigenvalue weighted by molar-refractivity contribution is 0.601. The molecule has 1 N–H and O–H groups in total. The molecule has 3 nitrogen and oxygen atoms in total. The van der Waals surface area contributed by atoms with Gasteiger partial charge < -0.3 is 0 Å². The van der Waals surface area contributed by atoms with Crippen molar-refractivity contribution < 1.29 is 8.42 Å². The summed E-state index contributed by atoms with van der Waals surface area (Å²) in [6.07, 6.45) is 0. The molecule has 2 rings (SSSR count). The zero-order chi connectivity index (χ0) is 14.8. The van der Waals surface area contributed by atoms with Crippen LogP contribution in [0.4, 0.5) is 5.69 Å². The van der Waals surface area contributed by atoms with Gasteiger partial charge in [-0.15, -0.1) is 0 Å². The molecule has 0 amide bonds. The molecule has 6 heteroatoms. The van der Waals surface area contributed by atoms with Crippen LogP contribution in [0.1, 0.15) is 17.3 Å². The molecule has 2 aromatic rings. The fourth-order valence-corrected chi connectivity index (χ4v) is 3.51. The Balaban J connectivity index is 2.36. The average Bonchev–Trinajstić information content (AvgIpc) is 2.39. The Morgan fingerprint density at radius 1 is 1.05 bits per heavy atom. The van der Waals surface area contributed by atoms with Gasteiger partial charge in [-0.05, 0) is 42.8 Å². The van der Waals surface area contributed by atoms with Gasteiger partial charge in [0.1, 0.15) is 0 Å². The van der Waals surface area contributed by atoms with E-state index >= 15 is 0 Å². The Morgan fingerprint density at radius 2 is 1.65 bits per heavy atom. The summed E-state index contributed by atoms with van der Waals surface area (Å²) in [6.45, 7) is 1.95. The van der Waals surface area contributed by atoms with Crippen molar-refractivity contribution in [1.29, 1.82) is 0 Å². The standard InChI is InChI=1S/C14H13Br2NO2S/c1-10(15)13-4-2-3-5-14(13)17-20(18,19)12-8-6-11(16)7-9-12/h2-10,17H,1H3. The summed E-state index contributed by atoms with van der Waals surface area (Å²) in [5.41, 5.74) is 1.48. The predicted molar refractivity (Wildman–Crippen MR) is 88.7 cm³/mol. The number of para-hydroxylation sites is 1. The highest BCUT2D eigenvalue weighted by Crippen LogP contribution is 2.30. The summed E-state index contributed by atoms with van der Waals surface area (Å²) in [6, 6.07) is 13.9. The lowest BCUT2D eigenvalue weighted by atomic mass is 10.1. The van der Waals surface area contributed by atoms with Gasteiger partial charge >= 0.3 is 0 Å². The number of hydrogen-bond donors (Lipinski definition) is 1. The van der Waals surface area contributed by atoms with Crippen LogP contribution in [-0.4, -0.2) is 8.42 Å². The second-order valence-corrected chi connectivity index (χ2v) is 8.23. The van der Waals surface area contributed by atoms with E-state index in [1.165, 1.54) is 0 Å². The summed E-state index contributed by atoms with van der Waals surface area (Å²) < 4.78 is 28.2. The molecule has 2 aromatic carbocycles. The van der Waals surface area contributed by atoms with Gasteiger partial charge in [-0.25, -0.2) is 8.42 Å². The molecule has 0 saturated carbocycles. The third kappa shape index (κ3) is 3.62. The van der Waals surface area contributed by atoms with Crippen molar-refractivity contribution in [2.24, 2.45) is 0 Å². The van der Waals surface area contributed by atoms with Gasteiger partial charge in [0.05, 0.1) is 10.6 Å². The number of rotatable bonds is 4. The fourth-order valence-electron chi connectivity index (χ4n) is 1.75. The SMILES string of the molecule is CC(Br)c1ccccc1NS(=O)(=O)c1ccc(Br)cc1. The predicted octanol–water partition coefficient (Wildman–Crippen LogP) is 4.71. The maximum Gasteiger partial charge on any atom is 0.261 e. The van der Waals surface area contributed by atoms with Crippen molar-refractivity contribution in [2.45, 2.75) is 16.6 Å². The molecule has 0 heterocycles. The van der Waals surface area contributed by atoms with Crippen LogP contribution >= 0.6 is 31.9 Å². The van der Waals surface area contributed by atoms with Gasteiger partial charge in [-0.1, -0.05) is 50.1 Å². The van der Waals surface area contributed by atoms with Crippen molar-refractivity contribution in [3.63, 3.8) is 0 Å². The average molecular weight is 419 g/mol. The maximum atomic E-state index is 12.3. The van der Waals surface area contributed by atoms with Crippen LogP contribution in [0.2, 0.25) is 0 Å². The van der Waals surface area contributed by atoms with Gasteiger partial charge in [0.2, 0.25) is 0 Å². The van der Waals surface area contributed by atoms with Crippen LogP contribution in [0, 0.1) is 0 Å². The highest BCUT2D eigenvalue weighted by Gasteiger charge is 2.16. The Bertz CT molecular complexity index is 697. The number of anilines is 1. The van der Waals surface area contributed by atoms with E-state index in [9.17, 15) is 8.42 Å². The number of nitrogens with one attached hydrogen (secondary N) is 1. The summed E-state index contributed by atoms with van der Waals surface area (Å²) in [5.74, 6) is 0. The highest BCUT2D eigenvalue weighted by molar-refractivity contribution is 9.10. The first-order chi connectivity index (χ1) is 9.40. The first-order valence-electron chi connectivity index (χ1n) is 5.91. The summed E-state index contributed by atoms with van der Waals surface area (Å²) >= 11 is 6.75. The Morgan fingerprint density at radius 3 is 2.25 bits per heavy atom. The summed E-state index contributed by atoms with van der Waals surface area (Å²) in [7, 11) is -3.58. The second-order valence-electron chi connectivity index (χ2n) is 4.26. The fraction of sp³-hybridized carbons (Fsp3) is 0.143. The third-order valence-electron chi connectivity index (χ3n) is 2.76. The lowest BCUT2D eigenvalue weighted by Crippen LogP contribution is -2.14. The number of benzene rings is 2. The summed E-state index contributed by atoms with van der Waals surface area (Å²) in [4.78, 5) is 0.295. The van der Waals surface area contributed by atoms with E-state index in [0.29, 0.717) is 5.69 Å². The van der Waals surface area contributed by atoms with Crippen LogP contribution in [0.25, 0.3) is 0 Å². The largest absolute Gasteiger partial charge is 0.279 e. The Labute approximate surface area is 135 Å². The van der Waals surface area contributed by atoms with E-state index in [2.05, 4.69) is 36.6 Å². The molecule has 0 aliphatic carbocycles. The van der Waals surface area contributed by atoms with Gasteiger partial charge in [0, 0.05) is 9.30 Å². The van der Waals surface area contributed by atoms with Crippen molar-refractivity contribution in [3.8, 4) is 0 Å². The van der Waals surface area contributed by atoms with Crippen LogP contribution in [0.15, 0.2) is 57.9 Å². The number of hydrogen-bond acceptors (Lipinski definition) is 2. The van der Waals surface area contributed by atoms with E-state index < -0.39 is 10.0 Å². The van der Waals surface area contributed by atoms with E-state index in [1.807, 2.05) is 19.1 Å². The van der Waals surface area contributed by atoms with Crippen molar-refractivity contribution >= 4 is 47.6 Å². The molecule has 0 saturated heterocycles. The molecule has 0 spiro atoms. The normalized spacial score (nSPS) is 12.9. The second kappa shape index (κ2) is 6.28. The van der Waals surface area contributed by atoms with Gasteiger partial charge in [-0.3, -0.25) is 4.72 Å². The topological polar surface area (TPSA) is 46.2 Å². The molecule has 0 aliphatic heterocycles. The molecule has 1 atom stereocenters. The molecule has 0 fully saturated rings. The molecule has 0 radical (unpaired) electrons. The molecule has 0 aliphatic rings. The van der Waals surface area contributed by atoms with E-state index in [4.69, 9.17) is 0 Å². The third-order valence-corrected chi connectivity index (χ3v) is 5.16. The molecule has 106 valence electrons. The van der Waals surface area contributed by atoms with Crippen molar-refractivity contribution in [3.05, 3.63) is 58.6 Å². The number of halogens is 2. The maximum absolute atomic E-state index is 12.3. The molecule has 20 heavy (non-hydrogen) atoms. The smallest absolute Gasteiger partial charge is 0.261 e. The highest BCUT2D eigenvalue weighted by atomic mass is 79.9. The Hall–Kier alpha value is -0.850. The van der Waals surface area contributed by atoms with Crippen LogP contribution in [0.5, 0.6) is 0 Å². The first kappa shape index (κ1) is 15.5.